The Balaban J connectivity index is 1.23. The monoisotopic (exact) mass is 429 g/mol. The number of aryl methyl sites for hydroxylation is 2. The number of nitrogens with zero attached hydrogens (tertiary/aromatic N) is 5. The van der Waals surface area contributed by atoms with E-state index in [0.29, 0.717) is 24.1 Å². The van der Waals surface area contributed by atoms with Crippen molar-refractivity contribution in [3.8, 4) is 22.7 Å². The number of rotatable bonds is 6. The minimum Gasteiger partial charge on any atom is -0.419 e. The van der Waals surface area contributed by atoms with Crippen LogP contribution in [0.4, 0.5) is 0 Å². The van der Waals surface area contributed by atoms with Gasteiger partial charge in [-0.3, -0.25) is 9.80 Å². The summed E-state index contributed by atoms with van der Waals surface area (Å²) in [6, 6.07) is 18.5. The van der Waals surface area contributed by atoms with Gasteiger partial charge in [0, 0.05) is 38.3 Å². The van der Waals surface area contributed by atoms with Gasteiger partial charge in [0.05, 0.1) is 6.54 Å². The van der Waals surface area contributed by atoms with Crippen LogP contribution < -0.4 is 0 Å². The maximum absolute atomic E-state index is 6.03. The van der Waals surface area contributed by atoms with Crippen LogP contribution in [0.5, 0.6) is 0 Å². The average Bonchev–Trinajstić information content (AvgIpc) is 3.43. The molecule has 0 saturated carbocycles. The van der Waals surface area contributed by atoms with Crippen molar-refractivity contribution in [2.75, 3.05) is 26.2 Å². The molecule has 2 aromatic heterocycles. The molecule has 1 aliphatic rings. The van der Waals surface area contributed by atoms with Gasteiger partial charge in [0.2, 0.25) is 5.89 Å². The maximum atomic E-state index is 6.03. The van der Waals surface area contributed by atoms with E-state index in [4.69, 9.17) is 8.94 Å². The summed E-state index contributed by atoms with van der Waals surface area (Å²) in [6.45, 7) is 9.70. The van der Waals surface area contributed by atoms with Gasteiger partial charge in [-0.25, -0.2) is 0 Å². The summed E-state index contributed by atoms with van der Waals surface area (Å²) in [5.41, 5.74) is 5.21. The Hall–Kier alpha value is -3.29. The second-order valence-electron chi connectivity index (χ2n) is 8.31. The van der Waals surface area contributed by atoms with Crippen LogP contribution in [0.3, 0.4) is 0 Å². The smallest absolute Gasteiger partial charge is 0.253 e. The first-order chi connectivity index (χ1) is 15.7. The lowest BCUT2D eigenvalue weighted by Crippen LogP contribution is -2.45. The molecule has 32 heavy (non-hydrogen) atoms. The molecule has 1 fully saturated rings. The number of aromatic nitrogens is 3. The fraction of sp³-hybridized carbons (Fsp3) is 0.320. The number of hydrogen-bond acceptors (Lipinski definition) is 7. The third-order valence-electron chi connectivity index (χ3n) is 6.07. The second kappa shape index (κ2) is 9.06. The van der Waals surface area contributed by atoms with Crippen LogP contribution in [0, 0.1) is 13.8 Å². The molecule has 1 aliphatic heterocycles. The van der Waals surface area contributed by atoms with Crippen LogP contribution in [0.2, 0.25) is 0 Å². The molecule has 5 rings (SSSR count). The predicted molar refractivity (Wildman–Crippen MR) is 122 cm³/mol. The van der Waals surface area contributed by atoms with Gasteiger partial charge in [-0.1, -0.05) is 59.8 Å². The van der Waals surface area contributed by atoms with Gasteiger partial charge in [0.1, 0.15) is 17.0 Å². The van der Waals surface area contributed by atoms with Gasteiger partial charge >= 0.3 is 0 Å². The van der Waals surface area contributed by atoms with Crippen LogP contribution in [-0.4, -0.2) is 51.3 Å². The molecule has 7 nitrogen and oxygen atoms in total. The zero-order chi connectivity index (χ0) is 21.9. The quantitative estimate of drug-likeness (QED) is 0.452. The third-order valence-corrected chi connectivity index (χ3v) is 6.07. The molecule has 0 atom stereocenters. The lowest BCUT2D eigenvalue weighted by molar-refractivity contribution is 0.114. The standard InChI is InChI=1S/C25H27N5O2/c1-18-8-6-7-11-21(18)16-29-12-14-30(15-13-29)17-22-26-27-25(31-22)23-19(2)32-28-24(23)20-9-4-3-5-10-20/h3-11H,12-17H2,1-2H3. The van der Waals surface area contributed by atoms with E-state index in [2.05, 4.69) is 56.3 Å². The molecule has 0 radical (unpaired) electrons. The molecule has 0 N–H and O–H groups in total. The first-order valence-corrected chi connectivity index (χ1v) is 11.0. The van der Waals surface area contributed by atoms with Gasteiger partial charge in [0.15, 0.2) is 0 Å². The van der Waals surface area contributed by atoms with Crippen molar-refractivity contribution in [1.82, 2.24) is 25.2 Å². The molecule has 0 unspecified atom stereocenters. The molecule has 4 aromatic rings. The highest BCUT2D eigenvalue weighted by Crippen LogP contribution is 2.33. The molecule has 0 bridgehead atoms. The molecule has 0 aliphatic carbocycles. The van der Waals surface area contributed by atoms with Crippen molar-refractivity contribution >= 4 is 0 Å². The number of piperazine rings is 1. The third kappa shape index (κ3) is 4.35. The first-order valence-electron chi connectivity index (χ1n) is 11.0. The molecule has 0 amide bonds. The molecule has 0 spiro atoms. The highest BCUT2D eigenvalue weighted by molar-refractivity contribution is 5.77. The summed E-state index contributed by atoms with van der Waals surface area (Å²) in [5, 5.41) is 12.8. The Bertz CT molecular complexity index is 1180. The minimum atomic E-state index is 0.454. The predicted octanol–water partition coefficient (Wildman–Crippen LogP) is 4.33. The summed E-state index contributed by atoms with van der Waals surface area (Å²) in [6.07, 6.45) is 0. The summed E-state index contributed by atoms with van der Waals surface area (Å²) in [4.78, 5) is 4.87. The number of hydrogen-bond donors (Lipinski definition) is 0. The molecular weight excluding hydrogens is 402 g/mol. The lowest BCUT2D eigenvalue weighted by atomic mass is 10.1. The molecule has 3 heterocycles. The zero-order valence-corrected chi connectivity index (χ0v) is 18.5. The van der Waals surface area contributed by atoms with Gasteiger partial charge in [-0.05, 0) is 25.0 Å². The molecule has 7 heteroatoms. The van der Waals surface area contributed by atoms with Gasteiger partial charge in [0.25, 0.3) is 5.89 Å². The van der Waals surface area contributed by atoms with Crippen LogP contribution in [-0.2, 0) is 13.1 Å². The Labute approximate surface area is 187 Å². The fourth-order valence-corrected chi connectivity index (χ4v) is 4.16. The van der Waals surface area contributed by atoms with Crippen LogP contribution in [0.15, 0.2) is 63.5 Å². The van der Waals surface area contributed by atoms with Crippen molar-refractivity contribution < 1.29 is 8.94 Å². The molecule has 1 saturated heterocycles. The van der Waals surface area contributed by atoms with E-state index >= 15 is 0 Å². The van der Waals surface area contributed by atoms with Crippen LogP contribution in [0.25, 0.3) is 22.7 Å². The topological polar surface area (TPSA) is 71.4 Å². The van der Waals surface area contributed by atoms with Crippen molar-refractivity contribution in [3.63, 3.8) is 0 Å². The zero-order valence-electron chi connectivity index (χ0n) is 18.5. The van der Waals surface area contributed by atoms with Gasteiger partial charge in [-0.2, -0.15) is 0 Å². The normalized spacial score (nSPS) is 15.3. The SMILES string of the molecule is Cc1ccccc1CN1CCN(Cc2nnc(-c3c(-c4ccccc4)noc3C)o2)CC1. The Kier molecular flexibility index (Phi) is 5.83. The Morgan fingerprint density at radius 1 is 0.812 bits per heavy atom. The summed E-state index contributed by atoms with van der Waals surface area (Å²) < 4.78 is 11.5. The average molecular weight is 430 g/mol. The Morgan fingerprint density at radius 2 is 1.50 bits per heavy atom. The molecule has 164 valence electrons. The molecular formula is C25H27N5O2. The van der Waals surface area contributed by atoms with Gasteiger partial charge < -0.3 is 8.94 Å². The van der Waals surface area contributed by atoms with Crippen LogP contribution in [0.1, 0.15) is 22.8 Å². The summed E-state index contributed by atoms with van der Waals surface area (Å²) >= 11 is 0. The summed E-state index contributed by atoms with van der Waals surface area (Å²) in [5.74, 6) is 1.74. The minimum absolute atomic E-state index is 0.454. The summed E-state index contributed by atoms with van der Waals surface area (Å²) in [7, 11) is 0. The van der Waals surface area contributed by atoms with Crippen molar-refractivity contribution in [2.24, 2.45) is 0 Å². The largest absolute Gasteiger partial charge is 0.419 e. The fourth-order valence-electron chi connectivity index (χ4n) is 4.16. The lowest BCUT2D eigenvalue weighted by Gasteiger charge is -2.34. The van der Waals surface area contributed by atoms with Crippen molar-refractivity contribution in [3.05, 3.63) is 77.4 Å². The van der Waals surface area contributed by atoms with E-state index in [9.17, 15) is 0 Å². The van der Waals surface area contributed by atoms with Crippen LogP contribution >= 0.6 is 0 Å². The first kappa shape index (κ1) is 20.6. The van der Waals surface area contributed by atoms with E-state index in [1.807, 2.05) is 37.3 Å². The highest BCUT2D eigenvalue weighted by atomic mass is 16.5. The second-order valence-corrected chi connectivity index (χ2v) is 8.31. The molecule has 2 aromatic carbocycles. The van der Waals surface area contributed by atoms with Crippen molar-refractivity contribution in [1.29, 1.82) is 0 Å². The highest BCUT2D eigenvalue weighted by Gasteiger charge is 2.24. The van der Waals surface area contributed by atoms with Crippen molar-refractivity contribution in [2.45, 2.75) is 26.9 Å². The van der Waals surface area contributed by atoms with E-state index in [1.165, 1.54) is 11.1 Å². The van der Waals surface area contributed by atoms with E-state index in [0.717, 1.165) is 49.5 Å². The van der Waals surface area contributed by atoms with E-state index < -0.39 is 0 Å². The maximum Gasteiger partial charge on any atom is 0.253 e. The Morgan fingerprint density at radius 3 is 2.25 bits per heavy atom. The van der Waals surface area contributed by atoms with E-state index in [1.54, 1.807) is 0 Å². The van der Waals surface area contributed by atoms with E-state index in [-0.39, 0.29) is 0 Å². The van der Waals surface area contributed by atoms with Gasteiger partial charge in [-0.15, -0.1) is 10.2 Å². The number of benzene rings is 2.